The third-order valence-corrected chi connectivity index (χ3v) is 7.74. The monoisotopic (exact) mass is 555 g/mol. The van der Waals surface area contributed by atoms with E-state index in [1.54, 1.807) is 30.3 Å². The van der Waals surface area contributed by atoms with Crippen LogP contribution < -0.4 is 9.62 Å². The van der Waals surface area contributed by atoms with Crippen LogP contribution in [-0.2, 0) is 32.6 Å². The molecule has 0 spiro atoms. The van der Waals surface area contributed by atoms with Gasteiger partial charge in [0.2, 0.25) is 21.8 Å². The number of rotatable bonds is 13. The molecule has 0 bridgehead atoms. The van der Waals surface area contributed by atoms with Crippen LogP contribution >= 0.6 is 23.2 Å². The Labute approximate surface area is 224 Å². The molecule has 0 radical (unpaired) electrons. The summed E-state index contributed by atoms with van der Waals surface area (Å²) in [6, 6.07) is 11.3. The largest absolute Gasteiger partial charge is 0.354 e. The molecule has 2 aromatic carbocycles. The van der Waals surface area contributed by atoms with Gasteiger partial charge in [-0.1, -0.05) is 68.6 Å². The van der Waals surface area contributed by atoms with Gasteiger partial charge in [-0.3, -0.25) is 13.9 Å². The second-order valence-corrected chi connectivity index (χ2v) is 11.3. The highest BCUT2D eigenvalue weighted by molar-refractivity contribution is 7.92. The molecular weight excluding hydrogens is 521 g/mol. The van der Waals surface area contributed by atoms with Gasteiger partial charge in [0.05, 0.1) is 22.0 Å². The summed E-state index contributed by atoms with van der Waals surface area (Å²) in [5.74, 6) is -0.777. The molecule has 10 heteroatoms. The Morgan fingerprint density at radius 1 is 0.972 bits per heavy atom. The van der Waals surface area contributed by atoms with Gasteiger partial charge in [-0.25, -0.2) is 8.42 Å². The molecule has 2 aromatic rings. The zero-order chi connectivity index (χ0) is 26.9. The first-order valence-corrected chi connectivity index (χ1v) is 14.7. The van der Waals surface area contributed by atoms with Crippen LogP contribution in [0.4, 0.5) is 5.69 Å². The molecular formula is C26H35Cl2N3O4S. The van der Waals surface area contributed by atoms with E-state index in [2.05, 4.69) is 5.32 Å². The van der Waals surface area contributed by atoms with Crippen LogP contribution in [0.15, 0.2) is 42.5 Å². The van der Waals surface area contributed by atoms with Crippen molar-refractivity contribution in [2.75, 3.05) is 23.7 Å². The summed E-state index contributed by atoms with van der Waals surface area (Å²) in [7, 11) is -3.77. The van der Waals surface area contributed by atoms with Crippen molar-refractivity contribution in [3.05, 3.63) is 63.6 Å². The molecule has 0 saturated carbocycles. The number of nitrogens with zero attached hydrogens (tertiary/aromatic N) is 2. The summed E-state index contributed by atoms with van der Waals surface area (Å²) in [6.45, 7) is 5.98. The second kappa shape index (κ2) is 13.9. The number of carbonyl (C=O) groups is 2. The predicted molar refractivity (Wildman–Crippen MR) is 147 cm³/mol. The van der Waals surface area contributed by atoms with E-state index in [0.29, 0.717) is 34.3 Å². The standard InChI is InChI=1S/C26H35Cl2N3O4S/c1-5-8-15-29-26(33)24(7-3)30(17-20-11-14-22(27)23(28)16-20)25(32)18-31(36(4,34)35)21-12-9-19(6-2)10-13-21/h9-14,16,24H,5-8,15,17-18H2,1-4H3,(H,29,33)/t24-/m1/s1. The lowest BCUT2D eigenvalue weighted by molar-refractivity contribution is -0.140. The number of hydrogen-bond donors (Lipinski definition) is 1. The van der Waals surface area contributed by atoms with Crippen LogP contribution in [0.5, 0.6) is 0 Å². The van der Waals surface area contributed by atoms with Gasteiger partial charge in [0.15, 0.2) is 0 Å². The van der Waals surface area contributed by atoms with E-state index in [9.17, 15) is 18.0 Å². The Balaban J connectivity index is 2.42. The van der Waals surface area contributed by atoms with E-state index in [1.807, 2.05) is 32.9 Å². The van der Waals surface area contributed by atoms with Crippen LogP contribution in [0.3, 0.4) is 0 Å². The van der Waals surface area contributed by atoms with Crippen molar-refractivity contribution in [3.8, 4) is 0 Å². The third kappa shape index (κ3) is 8.39. The molecule has 1 N–H and O–H groups in total. The lowest BCUT2D eigenvalue weighted by atomic mass is 10.1. The lowest BCUT2D eigenvalue weighted by Crippen LogP contribution is -2.52. The lowest BCUT2D eigenvalue weighted by Gasteiger charge is -2.33. The number of hydrogen-bond acceptors (Lipinski definition) is 4. The average Bonchev–Trinajstić information content (AvgIpc) is 2.84. The molecule has 0 aliphatic heterocycles. The van der Waals surface area contributed by atoms with Crippen LogP contribution in [0.25, 0.3) is 0 Å². The van der Waals surface area contributed by atoms with Gasteiger partial charge < -0.3 is 10.2 Å². The normalized spacial score (nSPS) is 12.2. The van der Waals surface area contributed by atoms with Crippen LogP contribution in [0.1, 0.15) is 51.2 Å². The van der Waals surface area contributed by atoms with Gasteiger partial charge in [-0.15, -0.1) is 0 Å². The van der Waals surface area contributed by atoms with Crippen LogP contribution in [-0.4, -0.2) is 50.5 Å². The van der Waals surface area contributed by atoms with Gasteiger partial charge >= 0.3 is 0 Å². The fraction of sp³-hybridized carbons (Fsp3) is 0.462. The first-order valence-electron chi connectivity index (χ1n) is 12.1. The summed E-state index contributed by atoms with van der Waals surface area (Å²) in [5.41, 5.74) is 2.11. The minimum Gasteiger partial charge on any atom is -0.354 e. The maximum absolute atomic E-state index is 13.7. The third-order valence-electron chi connectivity index (χ3n) is 5.86. The van der Waals surface area contributed by atoms with E-state index in [-0.39, 0.29) is 12.5 Å². The minimum atomic E-state index is -3.77. The molecule has 1 atom stereocenters. The zero-order valence-electron chi connectivity index (χ0n) is 21.3. The minimum absolute atomic E-state index is 0.0712. The number of sulfonamides is 1. The van der Waals surface area contributed by atoms with E-state index in [1.165, 1.54) is 4.90 Å². The Kier molecular flexibility index (Phi) is 11.5. The maximum Gasteiger partial charge on any atom is 0.244 e. The van der Waals surface area contributed by atoms with Crippen molar-refractivity contribution < 1.29 is 18.0 Å². The molecule has 0 aromatic heterocycles. The quantitative estimate of drug-likeness (QED) is 0.350. The molecule has 198 valence electrons. The van der Waals surface area contributed by atoms with Gasteiger partial charge in [-0.2, -0.15) is 0 Å². The molecule has 0 unspecified atom stereocenters. The molecule has 0 aliphatic rings. The summed E-state index contributed by atoms with van der Waals surface area (Å²) in [5, 5.41) is 3.60. The van der Waals surface area contributed by atoms with Crippen molar-refractivity contribution in [2.24, 2.45) is 0 Å². The fourth-order valence-corrected chi connectivity index (χ4v) is 4.94. The highest BCUT2D eigenvalue weighted by Crippen LogP contribution is 2.25. The van der Waals surface area contributed by atoms with Crippen molar-refractivity contribution in [2.45, 2.75) is 59.0 Å². The number of unbranched alkanes of at least 4 members (excludes halogenated alkanes) is 1. The highest BCUT2D eigenvalue weighted by Gasteiger charge is 2.31. The van der Waals surface area contributed by atoms with E-state index in [0.717, 1.165) is 35.4 Å². The number of halogens is 2. The Morgan fingerprint density at radius 2 is 1.61 bits per heavy atom. The maximum atomic E-state index is 13.7. The van der Waals surface area contributed by atoms with Gasteiger partial charge in [0.25, 0.3) is 0 Å². The number of carbonyl (C=O) groups excluding carboxylic acids is 2. The predicted octanol–water partition coefficient (Wildman–Crippen LogP) is 5.05. The second-order valence-electron chi connectivity index (χ2n) is 8.63. The molecule has 2 rings (SSSR count). The summed E-state index contributed by atoms with van der Waals surface area (Å²) >= 11 is 12.2. The van der Waals surface area contributed by atoms with E-state index in [4.69, 9.17) is 23.2 Å². The fourth-order valence-electron chi connectivity index (χ4n) is 3.77. The molecule has 0 heterocycles. The molecule has 0 aliphatic carbocycles. The SMILES string of the molecule is CCCCNC(=O)[C@@H](CC)N(Cc1ccc(Cl)c(Cl)c1)C(=O)CN(c1ccc(CC)cc1)S(C)(=O)=O. The number of aryl methyl sites for hydroxylation is 1. The van der Waals surface area contributed by atoms with E-state index < -0.39 is 28.5 Å². The van der Waals surface area contributed by atoms with Gasteiger partial charge in [0, 0.05) is 13.1 Å². The number of anilines is 1. The molecule has 36 heavy (non-hydrogen) atoms. The Hall–Kier alpha value is -2.29. The van der Waals surface area contributed by atoms with Gasteiger partial charge in [-0.05, 0) is 54.7 Å². The zero-order valence-corrected chi connectivity index (χ0v) is 23.6. The number of benzene rings is 2. The van der Waals surface area contributed by atoms with Gasteiger partial charge in [0.1, 0.15) is 12.6 Å². The molecule has 0 fully saturated rings. The highest BCUT2D eigenvalue weighted by atomic mass is 35.5. The number of amides is 2. The van der Waals surface area contributed by atoms with Crippen LogP contribution in [0, 0.1) is 0 Å². The first-order chi connectivity index (χ1) is 17.0. The Morgan fingerprint density at radius 3 is 2.14 bits per heavy atom. The average molecular weight is 557 g/mol. The van der Waals surface area contributed by atoms with Crippen molar-refractivity contribution in [1.29, 1.82) is 0 Å². The smallest absolute Gasteiger partial charge is 0.244 e. The van der Waals surface area contributed by atoms with E-state index >= 15 is 0 Å². The van der Waals surface area contributed by atoms with Crippen molar-refractivity contribution in [3.63, 3.8) is 0 Å². The van der Waals surface area contributed by atoms with Crippen molar-refractivity contribution >= 4 is 50.7 Å². The first kappa shape index (κ1) is 29.9. The molecule has 0 saturated heterocycles. The summed E-state index contributed by atoms with van der Waals surface area (Å²) in [6.07, 6.45) is 3.96. The Bertz CT molecular complexity index is 1140. The summed E-state index contributed by atoms with van der Waals surface area (Å²) in [4.78, 5) is 28.1. The van der Waals surface area contributed by atoms with Crippen molar-refractivity contribution in [1.82, 2.24) is 10.2 Å². The molecule has 7 nitrogen and oxygen atoms in total. The summed E-state index contributed by atoms with van der Waals surface area (Å²) < 4.78 is 26.4. The van der Waals surface area contributed by atoms with Crippen LogP contribution in [0.2, 0.25) is 10.0 Å². The molecule has 2 amide bonds. The number of nitrogens with one attached hydrogen (secondary N) is 1. The topological polar surface area (TPSA) is 86.8 Å².